The summed E-state index contributed by atoms with van der Waals surface area (Å²) in [6.07, 6.45) is -12.0. The number of hydrogen-bond acceptors (Lipinski definition) is 10. The third-order valence-corrected chi connectivity index (χ3v) is 6.91. The van der Waals surface area contributed by atoms with Crippen LogP contribution in [0, 0.1) is 0 Å². The Labute approximate surface area is 275 Å². The van der Waals surface area contributed by atoms with E-state index in [1.54, 1.807) is 0 Å². The second-order valence-electron chi connectivity index (χ2n) is 9.70. The topological polar surface area (TPSA) is 124 Å². The quantitative estimate of drug-likeness (QED) is 0.0707. The molecule has 2 unspecified atom stereocenters. The highest BCUT2D eigenvalue weighted by Gasteiger charge is 2.90. The molecule has 0 N–H and O–H groups in total. The first-order valence-corrected chi connectivity index (χ1v) is 14.1. The minimum Gasteiger partial charge on any atom is -0.463 e. The summed E-state index contributed by atoms with van der Waals surface area (Å²) in [7, 11) is 0. The van der Waals surface area contributed by atoms with Crippen LogP contribution in [0.15, 0.2) is 0 Å². The number of hydrogen-bond donors (Lipinski definition) is 0. The molecule has 1 saturated heterocycles. The molecule has 274 valence electrons. The number of esters is 4. The normalized spacial score (nSPS) is 23.8. The zero-order valence-corrected chi connectivity index (χ0v) is 26.9. The van der Waals surface area contributed by atoms with E-state index in [0.717, 1.165) is 50.3 Å². The van der Waals surface area contributed by atoms with Crippen LogP contribution in [0.3, 0.4) is 0 Å². The molecule has 0 spiro atoms. The summed E-state index contributed by atoms with van der Waals surface area (Å²) >= 11 is 4.52. The fraction of sp³-hybridized carbons (Fsp3) is 0.826. The number of carbonyl (C=O) groups is 4. The summed E-state index contributed by atoms with van der Waals surface area (Å²) in [5.74, 6) is -41.3. The third-order valence-electron chi connectivity index (χ3n) is 5.87. The summed E-state index contributed by atoms with van der Waals surface area (Å²) in [4.78, 5) is 46.6. The lowest BCUT2D eigenvalue weighted by molar-refractivity contribution is -0.417. The molecule has 1 heterocycles. The van der Waals surface area contributed by atoms with Gasteiger partial charge in [0.1, 0.15) is 18.8 Å². The summed E-state index contributed by atoms with van der Waals surface area (Å²) in [5, 5.41) is -6.59. The first-order valence-electron chi connectivity index (χ1n) is 12.5. The van der Waals surface area contributed by atoms with Gasteiger partial charge in [-0.1, -0.05) is 22.6 Å². The summed E-state index contributed by atoms with van der Waals surface area (Å²) in [5.41, 5.74) is 0. The number of halogens is 14. The molecular formula is C23H24ClF12IO10. The van der Waals surface area contributed by atoms with Gasteiger partial charge < -0.3 is 28.4 Å². The second-order valence-corrected chi connectivity index (χ2v) is 11.9. The fourth-order valence-electron chi connectivity index (χ4n) is 3.79. The van der Waals surface area contributed by atoms with Gasteiger partial charge in [-0.15, -0.1) is 0 Å². The molecule has 0 aromatic carbocycles. The molecule has 0 bridgehead atoms. The van der Waals surface area contributed by atoms with Crippen molar-refractivity contribution in [1.82, 2.24) is 0 Å². The van der Waals surface area contributed by atoms with Gasteiger partial charge in [-0.05, 0) is 11.6 Å². The summed E-state index contributed by atoms with van der Waals surface area (Å²) in [6.45, 7) is 1.21. The molecule has 1 rings (SSSR count). The number of ether oxygens (including phenoxy) is 6. The van der Waals surface area contributed by atoms with Crippen molar-refractivity contribution >= 4 is 58.1 Å². The smallest absolute Gasteiger partial charge is 0.393 e. The van der Waals surface area contributed by atoms with Crippen LogP contribution in [0.1, 0.15) is 34.1 Å². The van der Waals surface area contributed by atoms with Crippen LogP contribution in [-0.2, 0) is 47.6 Å². The lowest BCUT2D eigenvalue weighted by Crippen LogP contribution is -2.70. The summed E-state index contributed by atoms with van der Waals surface area (Å²) < 4.78 is 193. The van der Waals surface area contributed by atoms with E-state index < -0.39 is 113 Å². The SMILES string of the molecule is CC(=O)OC[C@H]1OC(OC(C)=O)[C@H](OC(C)=O)[C@@H](OCC(I)CC(F)(F)C(F)(F)C(F)(F)C(F)(F)C(F)(F)C(F)(F)Cl)[C@@H]1OC(C)=O. The van der Waals surface area contributed by atoms with Gasteiger partial charge in [0.2, 0.25) is 6.29 Å². The van der Waals surface area contributed by atoms with Gasteiger partial charge >= 0.3 is 58.9 Å². The first kappa shape index (κ1) is 43.0. The van der Waals surface area contributed by atoms with E-state index in [2.05, 4.69) is 11.6 Å². The van der Waals surface area contributed by atoms with Crippen LogP contribution in [0.2, 0.25) is 0 Å². The molecule has 0 saturated carbocycles. The standard InChI is InChI=1S/C23H24ClF12IO10/c1-8(38)42-7-13-14(44-9(2)39)15(16(45-10(3)40)17(47-13)46-11(4)41)43-6-12(37)5-18(25,26)19(27,28)20(29,30)21(31,32)22(33,34)23(24,35)36/h12-17H,5-7H2,1-4H3/t12?,13-,14-,15+,16-,17?/m1/s1. The Hall–Kier alpha value is -2.02. The van der Waals surface area contributed by atoms with Gasteiger partial charge in [-0.2, -0.15) is 52.7 Å². The Morgan fingerprint density at radius 3 is 1.55 bits per heavy atom. The Bertz CT molecular complexity index is 1160. The Kier molecular flexibility index (Phi) is 14.0. The van der Waals surface area contributed by atoms with Crippen LogP contribution in [0.25, 0.3) is 0 Å². The first-order chi connectivity index (χ1) is 20.9. The van der Waals surface area contributed by atoms with Crippen LogP contribution in [0.5, 0.6) is 0 Å². The van der Waals surface area contributed by atoms with E-state index in [-0.39, 0.29) is 0 Å². The van der Waals surface area contributed by atoms with Gasteiger partial charge in [0, 0.05) is 38.0 Å². The summed E-state index contributed by atoms with van der Waals surface area (Å²) in [6, 6.07) is 0. The van der Waals surface area contributed by atoms with Crippen LogP contribution >= 0.6 is 34.2 Å². The molecule has 0 amide bonds. The zero-order valence-electron chi connectivity index (χ0n) is 24.0. The highest BCUT2D eigenvalue weighted by molar-refractivity contribution is 14.1. The monoisotopic (exact) mass is 850 g/mol. The molecule has 6 atom stereocenters. The lowest BCUT2D eigenvalue weighted by atomic mass is 9.92. The van der Waals surface area contributed by atoms with Gasteiger partial charge in [0.15, 0.2) is 12.2 Å². The third kappa shape index (κ3) is 9.57. The Morgan fingerprint density at radius 2 is 1.13 bits per heavy atom. The second kappa shape index (κ2) is 15.3. The van der Waals surface area contributed by atoms with Crippen molar-refractivity contribution in [3.63, 3.8) is 0 Å². The maximum atomic E-state index is 14.5. The van der Waals surface area contributed by atoms with Crippen molar-refractivity contribution in [2.45, 2.75) is 104 Å². The highest BCUT2D eigenvalue weighted by Crippen LogP contribution is 2.61. The molecule has 0 radical (unpaired) electrons. The van der Waals surface area contributed by atoms with E-state index in [0.29, 0.717) is 0 Å². The van der Waals surface area contributed by atoms with E-state index in [1.165, 1.54) is 0 Å². The van der Waals surface area contributed by atoms with Crippen LogP contribution in [0.4, 0.5) is 52.7 Å². The predicted molar refractivity (Wildman–Crippen MR) is 136 cm³/mol. The van der Waals surface area contributed by atoms with Crippen LogP contribution in [-0.4, -0.2) is 107 Å². The minimum absolute atomic E-state index is 0.789. The van der Waals surface area contributed by atoms with Crippen molar-refractivity contribution in [3.05, 3.63) is 0 Å². The van der Waals surface area contributed by atoms with Crippen molar-refractivity contribution in [3.8, 4) is 0 Å². The molecule has 47 heavy (non-hydrogen) atoms. The molecule has 10 nitrogen and oxygen atoms in total. The fourth-order valence-corrected chi connectivity index (χ4v) is 4.67. The van der Waals surface area contributed by atoms with Crippen molar-refractivity contribution in [2.24, 2.45) is 0 Å². The van der Waals surface area contributed by atoms with E-state index in [1.807, 2.05) is 0 Å². The number of rotatable bonds is 15. The van der Waals surface area contributed by atoms with E-state index in [9.17, 15) is 71.9 Å². The van der Waals surface area contributed by atoms with E-state index >= 15 is 0 Å². The molecule has 1 aliphatic heterocycles. The zero-order chi connectivity index (χ0) is 37.1. The maximum absolute atomic E-state index is 14.5. The average Bonchev–Trinajstić information content (AvgIpc) is 2.86. The number of carbonyl (C=O) groups excluding carboxylic acids is 4. The Balaban J connectivity index is 3.46. The Morgan fingerprint density at radius 1 is 0.681 bits per heavy atom. The molecule has 0 aliphatic carbocycles. The molecular weight excluding hydrogens is 827 g/mol. The molecule has 24 heteroatoms. The molecule has 1 fully saturated rings. The van der Waals surface area contributed by atoms with E-state index in [4.69, 9.17) is 28.4 Å². The van der Waals surface area contributed by atoms with Crippen molar-refractivity contribution < 1.29 is 100 Å². The predicted octanol–water partition coefficient (Wildman–Crippen LogP) is 5.29. The van der Waals surface area contributed by atoms with Crippen LogP contribution < -0.4 is 0 Å². The molecule has 1 aliphatic rings. The average molecular weight is 851 g/mol. The van der Waals surface area contributed by atoms with Crippen molar-refractivity contribution in [2.75, 3.05) is 13.2 Å². The largest absolute Gasteiger partial charge is 0.463 e. The minimum atomic E-state index is -7.84. The van der Waals surface area contributed by atoms with Gasteiger partial charge in [-0.3, -0.25) is 19.2 Å². The highest BCUT2D eigenvalue weighted by atomic mass is 127. The van der Waals surface area contributed by atoms with Gasteiger partial charge in [0.05, 0.1) is 6.61 Å². The molecule has 0 aromatic rings. The lowest BCUT2D eigenvalue weighted by Gasteiger charge is -2.44. The van der Waals surface area contributed by atoms with Crippen molar-refractivity contribution in [1.29, 1.82) is 0 Å². The van der Waals surface area contributed by atoms with Gasteiger partial charge in [0.25, 0.3) is 0 Å². The maximum Gasteiger partial charge on any atom is 0.393 e. The van der Waals surface area contributed by atoms with Gasteiger partial charge in [-0.25, -0.2) is 0 Å². The molecule has 0 aromatic heterocycles. The number of alkyl halides is 14.